The van der Waals surface area contributed by atoms with E-state index in [4.69, 9.17) is 0 Å². The monoisotopic (exact) mass is 288 g/mol. The first kappa shape index (κ1) is 16.0. The summed E-state index contributed by atoms with van der Waals surface area (Å²) < 4.78 is 0. The minimum atomic E-state index is 0.0485. The number of nitrogens with one attached hydrogen (secondary N) is 2. The predicted octanol–water partition coefficient (Wildman–Crippen LogP) is 3.66. The van der Waals surface area contributed by atoms with Gasteiger partial charge in [0, 0.05) is 11.7 Å². The largest absolute Gasteiger partial charge is 0.325 e. The Kier molecular flexibility index (Phi) is 5.40. The number of hydrogen-bond acceptors (Lipinski definition) is 2. The number of hydrogen-bond donors (Lipinski definition) is 2. The lowest BCUT2D eigenvalue weighted by molar-refractivity contribution is -0.115. The van der Waals surface area contributed by atoms with Gasteiger partial charge in [0.25, 0.3) is 0 Å². The molecule has 1 aromatic rings. The summed E-state index contributed by atoms with van der Waals surface area (Å²) in [5.41, 5.74) is 3.24. The molecule has 0 aromatic heterocycles. The molecular weight excluding hydrogens is 260 g/mol. The molecule has 0 spiro atoms. The van der Waals surface area contributed by atoms with Gasteiger partial charge in [-0.1, -0.05) is 44.4 Å². The Morgan fingerprint density at radius 3 is 2.71 bits per heavy atom. The Morgan fingerprint density at radius 1 is 1.24 bits per heavy atom. The molecule has 3 nitrogen and oxygen atoms in total. The summed E-state index contributed by atoms with van der Waals surface area (Å²) in [4.78, 5) is 12.1. The minimum Gasteiger partial charge on any atom is -0.325 e. The Morgan fingerprint density at radius 2 is 2.00 bits per heavy atom. The van der Waals surface area contributed by atoms with Crippen LogP contribution in [0.25, 0.3) is 0 Å². The zero-order valence-corrected chi connectivity index (χ0v) is 13.7. The lowest BCUT2D eigenvalue weighted by atomic mass is 9.78. The number of carbonyl (C=O) groups is 1. The van der Waals surface area contributed by atoms with Crippen molar-refractivity contribution in [3.63, 3.8) is 0 Å². The zero-order valence-electron chi connectivity index (χ0n) is 13.7. The van der Waals surface area contributed by atoms with Gasteiger partial charge in [0.1, 0.15) is 0 Å². The molecule has 0 bridgehead atoms. The average molecular weight is 288 g/mol. The number of amides is 1. The van der Waals surface area contributed by atoms with Gasteiger partial charge < -0.3 is 10.6 Å². The van der Waals surface area contributed by atoms with Crippen LogP contribution in [0.4, 0.5) is 5.69 Å². The zero-order chi connectivity index (χ0) is 15.4. The van der Waals surface area contributed by atoms with Crippen LogP contribution in [-0.2, 0) is 4.79 Å². The molecule has 2 rings (SSSR count). The highest BCUT2D eigenvalue weighted by molar-refractivity contribution is 5.93. The van der Waals surface area contributed by atoms with E-state index in [1.54, 1.807) is 0 Å². The van der Waals surface area contributed by atoms with E-state index in [2.05, 4.69) is 37.5 Å². The molecule has 0 saturated heterocycles. The highest BCUT2D eigenvalue weighted by Crippen LogP contribution is 2.29. The SMILES string of the molecule is Cc1ccc(NC(=O)CNC2CCCC(C)C2C)c(C)c1. The average Bonchev–Trinajstić information content (AvgIpc) is 2.43. The molecule has 0 radical (unpaired) electrons. The van der Waals surface area contributed by atoms with Gasteiger partial charge in [-0.15, -0.1) is 0 Å². The maximum atomic E-state index is 12.1. The summed E-state index contributed by atoms with van der Waals surface area (Å²) in [5, 5.41) is 6.44. The van der Waals surface area contributed by atoms with Crippen LogP contribution < -0.4 is 10.6 Å². The maximum absolute atomic E-state index is 12.1. The summed E-state index contributed by atoms with van der Waals surface area (Å²) in [5.74, 6) is 1.44. The van der Waals surface area contributed by atoms with E-state index in [9.17, 15) is 4.79 Å². The number of carbonyl (C=O) groups excluding carboxylic acids is 1. The summed E-state index contributed by atoms with van der Waals surface area (Å²) >= 11 is 0. The third-order valence-corrected chi connectivity index (χ3v) is 4.89. The number of aryl methyl sites for hydroxylation is 2. The Bertz CT molecular complexity index is 498. The van der Waals surface area contributed by atoms with E-state index in [-0.39, 0.29) is 5.91 Å². The topological polar surface area (TPSA) is 41.1 Å². The van der Waals surface area contributed by atoms with Crippen molar-refractivity contribution in [2.24, 2.45) is 11.8 Å². The normalized spacial score (nSPS) is 25.6. The molecule has 116 valence electrons. The van der Waals surface area contributed by atoms with E-state index in [0.29, 0.717) is 18.5 Å². The lowest BCUT2D eigenvalue weighted by Gasteiger charge is -2.34. The van der Waals surface area contributed by atoms with Crippen LogP contribution in [0.3, 0.4) is 0 Å². The Balaban J connectivity index is 1.84. The highest BCUT2D eigenvalue weighted by atomic mass is 16.1. The minimum absolute atomic E-state index is 0.0485. The Labute approximate surface area is 128 Å². The third-order valence-electron chi connectivity index (χ3n) is 4.89. The first-order chi connectivity index (χ1) is 9.97. The summed E-state index contributed by atoms with van der Waals surface area (Å²) in [7, 11) is 0. The van der Waals surface area contributed by atoms with Gasteiger partial charge in [0.2, 0.25) is 5.91 Å². The van der Waals surface area contributed by atoms with Crippen molar-refractivity contribution in [3.05, 3.63) is 29.3 Å². The van der Waals surface area contributed by atoms with Crippen LogP contribution in [0, 0.1) is 25.7 Å². The molecule has 1 fully saturated rings. The summed E-state index contributed by atoms with van der Waals surface area (Å²) in [6.45, 7) is 9.10. The number of anilines is 1. The first-order valence-corrected chi connectivity index (χ1v) is 8.08. The fourth-order valence-electron chi connectivity index (χ4n) is 3.24. The van der Waals surface area contributed by atoms with Crippen LogP contribution in [-0.4, -0.2) is 18.5 Å². The molecule has 21 heavy (non-hydrogen) atoms. The number of benzene rings is 1. The van der Waals surface area contributed by atoms with Crippen LogP contribution in [0.2, 0.25) is 0 Å². The predicted molar refractivity (Wildman–Crippen MR) is 88.5 cm³/mol. The molecule has 1 aromatic carbocycles. The van der Waals surface area contributed by atoms with Gasteiger partial charge in [-0.2, -0.15) is 0 Å². The van der Waals surface area contributed by atoms with Crippen molar-refractivity contribution < 1.29 is 4.79 Å². The van der Waals surface area contributed by atoms with Crippen LogP contribution in [0.5, 0.6) is 0 Å². The van der Waals surface area contributed by atoms with Gasteiger partial charge in [-0.3, -0.25) is 4.79 Å². The second kappa shape index (κ2) is 7.08. The highest BCUT2D eigenvalue weighted by Gasteiger charge is 2.26. The molecular formula is C18H28N2O. The van der Waals surface area contributed by atoms with Gasteiger partial charge in [-0.25, -0.2) is 0 Å². The summed E-state index contributed by atoms with van der Waals surface area (Å²) in [6, 6.07) is 6.57. The van der Waals surface area contributed by atoms with Crippen LogP contribution in [0.1, 0.15) is 44.2 Å². The molecule has 2 N–H and O–H groups in total. The molecule has 3 atom stereocenters. The summed E-state index contributed by atoms with van der Waals surface area (Å²) in [6.07, 6.45) is 3.76. The quantitative estimate of drug-likeness (QED) is 0.888. The molecule has 0 aliphatic heterocycles. The molecule has 3 heteroatoms. The van der Waals surface area contributed by atoms with Crippen molar-refractivity contribution >= 4 is 11.6 Å². The van der Waals surface area contributed by atoms with Crippen molar-refractivity contribution in [2.75, 3.05) is 11.9 Å². The van der Waals surface area contributed by atoms with Crippen molar-refractivity contribution in [2.45, 2.75) is 53.0 Å². The van der Waals surface area contributed by atoms with E-state index in [1.165, 1.54) is 24.8 Å². The molecule has 3 unspecified atom stereocenters. The standard InChI is InChI=1S/C18H28N2O/c1-12-8-9-16(14(3)10-12)20-18(21)11-19-17-7-5-6-13(2)15(17)4/h8-10,13,15,17,19H,5-7,11H2,1-4H3,(H,20,21). The maximum Gasteiger partial charge on any atom is 0.238 e. The van der Waals surface area contributed by atoms with Gasteiger partial charge in [-0.05, 0) is 43.7 Å². The van der Waals surface area contributed by atoms with E-state index < -0.39 is 0 Å². The lowest BCUT2D eigenvalue weighted by Crippen LogP contribution is -2.43. The van der Waals surface area contributed by atoms with Crippen LogP contribution in [0.15, 0.2) is 18.2 Å². The second-order valence-electron chi connectivity index (χ2n) is 6.62. The fourth-order valence-corrected chi connectivity index (χ4v) is 3.24. The van der Waals surface area contributed by atoms with Crippen LogP contribution >= 0.6 is 0 Å². The van der Waals surface area contributed by atoms with Gasteiger partial charge in [0.15, 0.2) is 0 Å². The van der Waals surface area contributed by atoms with Crippen molar-refractivity contribution in [3.8, 4) is 0 Å². The van der Waals surface area contributed by atoms with Crippen molar-refractivity contribution in [1.29, 1.82) is 0 Å². The molecule has 1 aliphatic carbocycles. The molecule has 1 aliphatic rings. The van der Waals surface area contributed by atoms with Gasteiger partial charge in [0.05, 0.1) is 6.54 Å². The second-order valence-corrected chi connectivity index (χ2v) is 6.62. The van der Waals surface area contributed by atoms with E-state index >= 15 is 0 Å². The van der Waals surface area contributed by atoms with E-state index in [1.807, 2.05) is 19.1 Å². The third kappa shape index (κ3) is 4.31. The molecule has 1 saturated carbocycles. The molecule has 1 amide bonds. The van der Waals surface area contributed by atoms with E-state index in [0.717, 1.165) is 17.2 Å². The van der Waals surface area contributed by atoms with Gasteiger partial charge >= 0.3 is 0 Å². The smallest absolute Gasteiger partial charge is 0.238 e. The molecule has 0 heterocycles. The fraction of sp³-hybridized carbons (Fsp3) is 0.611. The first-order valence-electron chi connectivity index (χ1n) is 8.08. The Hall–Kier alpha value is -1.35. The number of rotatable bonds is 4. The van der Waals surface area contributed by atoms with Crippen molar-refractivity contribution in [1.82, 2.24) is 5.32 Å².